The molecule has 0 aromatic carbocycles. The molecule has 21 heavy (non-hydrogen) atoms. The van der Waals surface area contributed by atoms with Crippen LogP contribution in [0.2, 0.25) is 0 Å². The predicted molar refractivity (Wildman–Crippen MR) is 79.7 cm³/mol. The lowest BCUT2D eigenvalue weighted by Gasteiger charge is -2.35. The highest BCUT2D eigenvalue weighted by atomic mass is 16.5. The van der Waals surface area contributed by atoms with Crippen molar-refractivity contribution in [2.75, 3.05) is 11.4 Å². The number of aliphatic carboxylic acids is 1. The van der Waals surface area contributed by atoms with Crippen molar-refractivity contribution in [3.05, 3.63) is 12.4 Å². The molecule has 0 saturated carbocycles. The van der Waals surface area contributed by atoms with Crippen LogP contribution in [0, 0.1) is 0 Å². The molecule has 6 heteroatoms. The first-order chi connectivity index (χ1) is 9.99. The molecular formula is C15H23N3O3. The first-order valence-electron chi connectivity index (χ1n) is 7.49. The molecule has 1 aliphatic heterocycles. The summed E-state index contributed by atoms with van der Waals surface area (Å²) >= 11 is 0. The molecule has 0 amide bonds. The third kappa shape index (κ3) is 3.09. The zero-order valence-corrected chi connectivity index (χ0v) is 12.9. The highest BCUT2D eigenvalue weighted by Crippen LogP contribution is 2.37. The summed E-state index contributed by atoms with van der Waals surface area (Å²) < 4.78 is 5.58. The number of anilines is 1. The number of carboxylic acids is 1. The zero-order chi connectivity index (χ0) is 15.5. The molecule has 1 fully saturated rings. The molecule has 1 aliphatic rings. The van der Waals surface area contributed by atoms with Gasteiger partial charge in [-0.1, -0.05) is 13.3 Å². The van der Waals surface area contributed by atoms with E-state index in [0.29, 0.717) is 31.1 Å². The van der Waals surface area contributed by atoms with Crippen LogP contribution in [0.5, 0.6) is 5.88 Å². The Morgan fingerprint density at radius 2 is 2.29 bits per heavy atom. The van der Waals surface area contributed by atoms with Gasteiger partial charge in [0, 0.05) is 12.6 Å². The van der Waals surface area contributed by atoms with E-state index in [2.05, 4.69) is 9.97 Å². The Morgan fingerprint density at radius 1 is 1.52 bits per heavy atom. The molecule has 2 rings (SSSR count). The maximum Gasteiger partial charge on any atom is 0.329 e. The van der Waals surface area contributed by atoms with Crippen LogP contribution in [0.4, 0.5) is 5.82 Å². The smallest absolute Gasteiger partial charge is 0.329 e. The summed E-state index contributed by atoms with van der Waals surface area (Å²) in [5, 5.41) is 9.73. The number of nitrogens with zero attached hydrogens (tertiary/aromatic N) is 3. The predicted octanol–water partition coefficient (Wildman–Crippen LogP) is 2.49. The first kappa shape index (κ1) is 15.5. The van der Waals surface area contributed by atoms with Gasteiger partial charge in [0.05, 0.1) is 6.10 Å². The third-order valence-corrected chi connectivity index (χ3v) is 3.81. The van der Waals surface area contributed by atoms with Gasteiger partial charge in [0.2, 0.25) is 5.88 Å². The molecule has 1 N–H and O–H groups in total. The fourth-order valence-electron chi connectivity index (χ4n) is 3.00. The molecule has 1 saturated heterocycles. The zero-order valence-electron chi connectivity index (χ0n) is 12.9. The average Bonchev–Trinajstić information content (AvgIpc) is 2.84. The molecule has 6 nitrogen and oxygen atoms in total. The van der Waals surface area contributed by atoms with Crippen molar-refractivity contribution in [1.29, 1.82) is 0 Å². The standard InChI is InChI=1S/C15H23N3O3/c1-4-6-15(14(19)20)7-5-8-18(15)12-9-13(17-10-16-12)21-11(2)3/h9-11H,4-8H2,1-3H3,(H,19,20). The van der Waals surface area contributed by atoms with E-state index < -0.39 is 11.5 Å². The number of carboxylic acid groups (broad SMARTS) is 1. The topological polar surface area (TPSA) is 75.5 Å². The quantitative estimate of drug-likeness (QED) is 0.868. The molecule has 0 spiro atoms. The van der Waals surface area contributed by atoms with Crippen molar-refractivity contribution in [1.82, 2.24) is 9.97 Å². The second-order valence-electron chi connectivity index (χ2n) is 5.72. The fraction of sp³-hybridized carbons (Fsp3) is 0.667. The summed E-state index contributed by atoms with van der Waals surface area (Å²) in [5.74, 6) is 0.346. The SMILES string of the molecule is CCCC1(C(=O)O)CCCN1c1cc(OC(C)C)ncn1. The van der Waals surface area contributed by atoms with Gasteiger partial charge in [0.1, 0.15) is 17.7 Å². The van der Waals surface area contributed by atoms with E-state index in [1.807, 2.05) is 25.7 Å². The summed E-state index contributed by atoms with van der Waals surface area (Å²) in [5.41, 5.74) is -0.849. The van der Waals surface area contributed by atoms with Crippen molar-refractivity contribution in [3.8, 4) is 5.88 Å². The van der Waals surface area contributed by atoms with Crippen LogP contribution >= 0.6 is 0 Å². The van der Waals surface area contributed by atoms with Crippen LogP contribution < -0.4 is 9.64 Å². The summed E-state index contributed by atoms with van der Waals surface area (Å²) in [6.45, 7) is 6.56. The molecule has 1 atom stereocenters. The Hall–Kier alpha value is -1.85. The van der Waals surface area contributed by atoms with Crippen LogP contribution in [0.3, 0.4) is 0 Å². The largest absolute Gasteiger partial charge is 0.479 e. The van der Waals surface area contributed by atoms with Crippen molar-refractivity contribution in [2.24, 2.45) is 0 Å². The highest BCUT2D eigenvalue weighted by Gasteiger charge is 2.47. The van der Waals surface area contributed by atoms with Gasteiger partial charge in [-0.05, 0) is 33.1 Å². The summed E-state index contributed by atoms with van der Waals surface area (Å²) in [4.78, 5) is 22.1. The van der Waals surface area contributed by atoms with Gasteiger partial charge in [-0.2, -0.15) is 0 Å². The van der Waals surface area contributed by atoms with E-state index in [1.165, 1.54) is 6.33 Å². The van der Waals surface area contributed by atoms with Gasteiger partial charge in [-0.3, -0.25) is 0 Å². The van der Waals surface area contributed by atoms with Crippen molar-refractivity contribution < 1.29 is 14.6 Å². The highest BCUT2D eigenvalue weighted by molar-refractivity contribution is 5.84. The lowest BCUT2D eigenvalue weighted by molar-refractivity contribution is -0.143. The van der Waals surface area contributed by atoms with Crippen LogP contribution in [0.15, 0.2) is 12.4 Å². The monoisotopic (exact) mass is 293 g/mol. The van der Waals surface area contributed by atoms with Gasteiger partial charge in [0.15, 0.2) is 0 Å². The Bertz CT molecular complexity index is 507. The van der Waals surface area contributed by atoms with Gasteiger partial charge in [0.25, 0.3) is 0 Å². The molecule has 1 aromatic heterocycles. The van der Waals surface area contributed by atoms with Crippen LogP contribution in [0.25, 0.3) is 0 Å². The Morgan fingerprint density at radius 3 is 2.90 bits per heavy atom. The molecular weight excluding hydrogens is 270 g/mol. The lowest BCUT2D eigenvalue weighted by Crippen LogP contribution is -2.51. The van der Waals surface area contributed by atoms with Crippen LogP contribution in [-0.4, -0.2) is 39.2 Å². The summed E-state index contributed by atoms with van der Waals surface area (Å²) in [6.07, 6.45) is 4.41. The van der Waals surface area contributed by atoms with E-state index in [-0.39, 0.29) is 6.10 Å². The second kappa shape index (κ2) is 6.28. The number of ether oxygens (including phenoxy) is 1. The number of hydrogen-bond acceptors (Lipinski definition) is 5. The average molecular weight is 293 g/mol. The normalized spacial score (nSPS) is 21.8. The Labute approximate surface area is 125 Å². The van der Waals surface area contributed by atoms with E-state index in [4.69, 9.17) is 4.74 Å². The number of carbonyl (C=O) groups is 1. The molecule has 1 unspecified atom stereocenters. The molecule has 1 aromatic rings. The van der Waals surface area contributed by atoms with Crippen molar-refractivity contribution in [2.45, 2.75) is 58.1 Å². The second-order valence-corrected chi connectivity index (χ2v) is 5.72. The maximum atomic E-state index is 11.8. The minimum Gasteiger partial charge on any atom is -0.479 e. The molecule has 2 heterocycles. The Balaban J connectivity index is 2.33. The van der Waals surface area contributed by atoms with Crippen LogP contribution in [-0.2, 0) is 4.79 Å². The summed E-state index contributed by atoms with van der Waals surface area (Å²) in [6, 6.07) is 1.73. The van der Waals surface area contributed by atoms with Crippen LogP contribution in [0.1, 0.15) is 46.5 Å². The van der Waals surface area contributed by atoms with Gasteiger partial charge >= 0.3 is 5.97 Å². The molecule has 0 bridgehead atoms. The number of hydrogen-bond donors (Lipinski definition) is 1. The van der Waals surface area contributed by atoms with Gasteiger partial charge < -0.3 is 14.7 Å². The number of rotatable bonds is 6. The molecule has 116 valence electrons. The van der Waals surface area contributed by atoms with Gasteiger partial charge in [-0.25, -0.2) is 14.8 Å². The first-order valence-corrected chi connectivity index (χ1v) is 7.49. The Kier molecular flexibility index (Phi) is 4.65. The lowest BCUT2D eigenvalue weighted by atomic mass is 9.90. The van der Waals surface area contributed by atoms with Crippen molar-refractivity contribution in [3.63, 3.8) is 0 Å². The fourth-order valence-corrected chi connectivity index (χ4v) is 3.00. The minimum atomic E-state index is -0.849. The maximum absolute atomic E-state index is 11.8. The van der Waals surface area contributed by atoms with E-state index in [0.717, 1.165) is 12.8 Å². The van der Waals surface area contributed by atoms with E-state index in [1.54, 1.807) is 6.07 Å². The molecule has 0 aliphatic carbocycles. The van der Waals surface area contributed by atoms with Crippen molar-refractivity contribution >= 4 is 11.8 Å². The third-order valence-electron chi connectivity index (χ3n) is 3.81. The van der Waals surface area contributed by atoms with Gasteiger partial charge in [-0.15, -0.1) is 0 Å². The van der Waals surface area contributed by atoms with E-state index >= 15 is 0 Å². The molecule has 0 radical (unpaired) electrons. The number of aromatic nitrogens is 2. The summed E-state index contributed by atoms with van der Waals surface area (Å²) in [7, 11) is 0. The minimum absolute atomic E-state index is 0.0196. The van der Waals surface area contributed by atoms with E-state index in [9.17, 15) is 9.90 Å².